The van der Waals surface area contributed by atoms with Crippen LogP contribution in [0.2, 0.25) is 19.6 Å². The van der Waals surface area contributed by atoms with Gasteiger partial charge in [-0.05, 0) is 90.7 Å². The van der Waals surface area contributed by atoms with Crippen molar-refractivity contribution in [2.24, 2.45) is 0 Å². The smallest absolute Gasteiger partial charge is 0.124 e. The molecule has 4 aromatic carbocycles. The van der Waals surface area contributed by atoms with Crippen LogP contribution in [0.4, 0.5) is 4.39 Å². The Morgan fingerprint density at radius 2 is 1.56 bits per heavy atom. The van der Waals surface area contributed by atoms with E-state index >= 15 is 0 Å². The van der Waals surface area contributed by atoms with Crippen LogP contribution in [-0.4, -0.2) is 18.0 Å². The number of aryl methyl sites for hydroxylation is 5. The second-order valence-electron chi connectivity index (χ2n) is 12.9. The first-order chi connectivity index (χ1) is 24.8. The zero-order valence-corrected chi connectivity index (χ0v) is 31.1. The summed E-state index contributed by atoms with van der Waals surface area (Å²) in [6.45, 7) is 8.22. The van der Waals surface area contributed by atoms with Crippen molar-refractivity contribution in [1.82, 2.24) is 9.97 Å². The van der Waals surface area contributed by atoms with E-state index in [0.29, 0.717) is 28.0 Å². The van der Waals surface area contributed by atoms with Gasteiger partial charge in [-0.25, -0.2) is 4.39 Å². The fourth-order valence-corrected chi connectivity index (χ4v) is 7.38. The molecule has 0 saturated heterocycles. The summed E-state index contributed by atoms with van der Waals surface area (Å²) in [5.41, 5.74) is 10.5. The van der Waals surface area contributed by atoms with Gasteiger partial charge in [0, 0.05) is 46.1 Å². The number of nitrogens with zero attached hydrogens (tertiary/aromatic N) is 2. The molecule has 0 unspecified atom stereocenters. The molecule has 0 atom stereocenters. The van der Waals surface area contributed by atoms with Gasteiger partial charge in [0.15, 0.2) is 0 Å². The molecule has 48 heavy (non-hydrogen) atoms. The average Bonchev–Trinajstić information content (AvgIpc) is 3.45. The van der Waals surface area contributed by atoms with Crippen LogP contribution in [0.5, 0.6) is 0 Å². The van der Waals surface area contributed by atoms with Gasteiger partial charge in [-0.1, -0.05) is 72.8 Å². The van der Waals surface area contributed by atoms with Crippen LogP contribution in [0.3, 0.4) is 0 Å². The molecule has 3 aromatic heterocycles. The van der Waals surface area contributed by atoms with Crippen molar-refractivity contribution in [1.29, 1.82) is 0 Å². The van der Waals surface area contributed by atoms with Crippen LogP contribution in [0.15, 0.2) is 95.7 Å². The van der Waals surface area contributed by atoms with E-state index in [0.717, 1.165) is 32.8 Å². The van der Waals surface area contributed by atoms with E-state index < -0.39 is 21.8 Å². The van der Waals surface area contributed by atoms with E-state index in [1.54, 1.807) is 24.4 Å². The minimum Gasteiger partial charge on any atom is -0.501 e. The molecule has 245 valence electrons. The number of rotatable bonds is 4. The Morgan fingerprint density at radius 3 is 2.25 bits per heavy atom. The van der Waals surface area contributed by atoms with E-state index in [4.69, 9.17) is 12.6 Å². The fraction of sp³-hybridized carbons (Fsp3) is 0.190. The largest absolute Gasteiger partial charge is 0.501 e. The van der Waals surface area contributed by atoms with E-state index in [9.17, 15) is 4.39 Å². The van der Waals surface area contributed by atoms with Crippen molar-refractivity contribution < 1.29 is 37.1 Å². The predicted octanol–water partition coefficient (Wildman–Crippen LogP) is 10.9. The monoisotopic (exact) mass is 833 g/mol. The Kier molecular flexibility index (Phi) is 8.13. The topological polar surface area (TPSA) is 38.9 Å². The van der Waals surface area contributed by atoms with Gasteiger partial charge in [-0.2, -0.15) is 0 Å². The molecular formula is C42H39FIrN2OSi-2. The number of aromatic nitrogens is 2. The maximum Gasteiger partial charge on any atom is 0.124 e. The van der Waals surface area contributed by atoms with Crippen LogP contribution in [0.1, 0.15) is 36.0 Å². The van der Waals surface area contributed by atoms with Gasteiger partial charge in [0.2, 0.25) is 0 Å². The first-order valence-electron chi connectivity index (χ1n) is 18.4. The maximum atomic E-state index is 13.7. The van der Waals surface area contributed by atoms with Crippen molar-refractivity contribution in [3.63, 3.8) is 0 Å². The zero-order chi connectivity index (χ0) is 38.5. The summed E-state index contributed by atoms with van der Waals surface area (Å²) in [5, 5.41) is 2.44. The van der Waals surface area contributed by atoms with Crippen molar-refractivity contribution in [2.45, 2.75) is 54.1 Å². The molecule has 1 radical (unpaired) electrons. The second kappa shape index (κ2) is 14.1. The van der Waals surface area contributed by atoms with E-state index in [1.807, 2.05) is 24.4 Å². The average molecular weight is 833 g/mol. The minimum absolute atomic E-state index is 0. The number of hydrogen-bond acceptors (Lipinski definition) is 3. The summed E-state index contributed by atoms with van der Waals surface area (Å²) in [4.78, 5) is 8.98. The van der Waals surface area contributed by atoms with Gasteiger partial charge in [0.05, 0.1) is 13.7 Å². The molecule has 7 aromatic rings. The number of benzene rings is 4. The summed E-state index contributed by atoms with van der Waals surface area (Å²) in [7, 11) is -1.85. The second-order valence-corrected chi connectivity index (χ2v) is 17.9. The van der Waals surface area contributed by atoms with Crippen molar-refractivity contribution in [3.05, 3.63) is 137 Å². The van der Waals surface area contributed by atoms with Gasteiger partial charge >= 0.3 is 0 Å². The number of furan rings is 1. The van der Waals surface area contributed by atoms with Crippen LogP contribution >= 0.6 is 0 Å². The molecule has 0 fully saturated rings. The van der Waals surface area contributed by atoms with Gasteiger partial charge in [0.25, 0.3) is 0 Å². The van der Waals surface area contributed by atoms with E-state index in [1.165, 1.54) is 46.5 Å². The maximum absolute atomic E-state index is 13.7. The normalized spacial score (nSPS) is 13.6. The molecule has 0 amide bonds. The quantitative estimate of drug-likeness (QED) is 0.131. The third kappa shape index (κ3) is 7.27. The molecule has 3 nitrogen and oxygen atoms in total. The van der Waals surface area contributed by atoms with E-state index in [2.05, 4.69) is 80.7 Å². The summed E-state index contributed by atoms with van der Waals surface area (Å²) < 4.78 is 65.4. The number of hydrogen-bond donors (Lipinski definition) is 0. The Hall–Kier alpha value is -4.22. The first-order valence-corrected chi connectivity index (χ1v) is 18.9. The Labute approximate surface area is 306 Å². The molecular weight excluding hydrogens is 788 g/mol. The fourth-order valence-electron chi connectivity index (χ4n) is 6.05. The molecule has 0 spiro atoms. The van der Waals surface area contributed by atoms with Crippen LogP contribution in [0.25, 0.3) is 55.6 Å². The van der Waals surface area contributed by atoms with Gasteiger partial charge < -0.3 is 14.4 Å². The van der Waals surface area contributed by atoms with Crippen LogP contribution in [0, 0.1) is 52.4 Å². The molecule has 0 aliphatic heterocycles. The third-order valence-electron chi connectivity index (χ3n) is 8.18. The standard InChI is InChI=1S/C26H19FNO.C16H20NSi.Ir/c1-15-11-16(2)25(17(3)12-15)18-9-10-28-23(13-18)21-6-4-5-20-22-14-19(27)7-8-24(22)29-26(20)21;1-12-6-8-14(9-7-12)15-10-13(2)16(11-17-15)18(3,4)5;/h4-5,7-14H,1-3H3;6-8,10-11H,1-5H3;/q2*-1;/i;1D3,2D3;. The van der Waals surface area contributed by atoms with Gasteiger partial charge in [-0.3, -0.25) is 0 Å². The molecule has 6 heteroatoms. The Bertz CT molecular complexity index is 2450. The minimum atomic E-state index is -2.22. The van der Waals surface area contributed by atoms with Gasteiger partial charge in [-0.15, -0.1) is 53.6 Å². The molecule has 0 bridgehead atoms. The zero-order valence-electron chi connectivity index (χ0n) is 33.7. The molecule has 0 aliphatic carbocycles. The van der Waals surface area contributed by atoms with E-state index in [-0.39, 0.29) is 31.5 Å². The summed E-state index contributed by atoms with van der Waals surface area (Å²) >= 11 is 0. The molecule has 0 N–H and O–H groups in total. The number of halogens is 1. The van der Waals surface area contributed by atoms with Crippen molar-refractivity contribution in [2.75, 3.05) is 0 Å². The van der Waals surface area contributed by atoms with Crippen molar-refractivity contribution >= 4 is 35.2 Å². The Morgan fingerprint density at radius 1 is 0.771 bits per heavy atom. The Balaban J connectivity index is 0.000000208. The predicted molar refractivity (Wildman–Crippen MR) is 196 cm³/mol. The molecule has 3 heterocycles. The summed E-state index contributed by atoms with van der Waals surface area (Å²) in [6.07, 6.45) is 3.47. The SMILES string of the molecule is Cc1cc(C)c(-c2ccnc(-c3[c-]ccc4c3oc3ccc(F)cc34)c2)c(C)c1.[2H]C([2H])([2H])c1c[c-]c(-c2cc(C([2H])([2H])[2H])c([Si](C)(C)C)cn2)cc1.[Ir]. The van der Waals surface area contributed by atoms with Crippen molar-refractivity contribution in [3.8, 4) is 33.6 Å². The summed E-state index contributed by atoms with van der Waals surface area (Å²) in [5.74, 6) is -0.278. The summed E-state index contributed by atoms with van der Waals surface area (Å²) in [6, 6.07) is 29.1. The van der Waals surface area contributed by atoms with Crippen LogP contribution < -0.4 is 5.19 Å². The molecule has 0 aliphatic rings. The molecule has 0 saturated carbocycles. The third-order valence-corrected chi connectivity index (χ3v) is 10.2. The number of fused-ring (bicyclic) bond motifs is 3. The van der Waals surface area contributed by atoms with Gasteiger partial charge in [0.1, 0.15) is 11.4 Å². The van der Waals surface area contributed by atoms with Crippen LogP contribution in [-0.2, 0) is 20.1 Å². The molecule has 7 rings (SSSR count). The first kappa shape index (κ1) is 27.7. The number of pyridine rings is 2.